The van der Waals surface area contributed by atoms with Crippen LogP contribution >= 0.6 is 0 Å². The summed E-state index contributed by atoms with van der Waals surface area (Å²) in [5.74, 6) is -0.122. The van der Waals surface area contributed by atoms with Gasteiger partial charge in [-0.25, -0.2) is 0 Å². The molecule has 0 saturated heterocycles. The largest absolute Gasteiger partial charge is 0.325 e. The molecule has 1 aromatic carbocycles. The molecule has 1 heterocycles. The molecule has 1 aromatic heterocycles. The van der Waals surface area contributed by atoms with Crippen molar-refractivity contribution in [3.63, 3.8) is 0 Å². The molecule has 0 aliphatic rings. The first-order valence-electron chi connectivity index (χ1n) is 5.21. The fraction of sp³-hybridized carbons (Fsp3) is 0.154. The maximum atomic E-state index is 9.11. The van der Waals surface area contributed by atoms with E-state index < -0.39 is 0 Å². The molecule has 0 amide bonds. The summed E-state index contributed by atoms with van der Waals surface area (Å²) in [4.78, 5) is 0. The van der Waals surface area contributed by atoms with Crippen LogP contribution in [0.3, 0.4) is 0 Å². The van der Waals surface area contributed by atoms with E-state index in [1.807, 2.05) is 59.5 Å². The summed E-state index contributed by atoms with van der Waals surface area (Å²) in [7, 11) is 0. The molecule has 0 bridgehead atoms. The van der Waals surface area contributed by atoms with E-state index in [9.17, 15) is 0 Å². The summed E-state index contributed by atoms with van der Waals surface area (Å²) < 4.78 is 1.85. The Morgan fingerprint density at radius 1 is 1.12 bits per heavy atom. The number of nitrogens with zero attached hydrogens (tertiary/aromatic N) is 2. The minimum atomic E-state index is -0.122. The van der Waals surface area contributed by atoms with Crippen LogP contribution in [-0.2, 0) is 0 Å². The normalized spacial score (nSPS) is 11.7. The van der Waals surface area contributed by atoms with Gasteiger partial charge in [-0.3, -0.25) is 4.68 Å². The quantitative estimate of drug-likeness (QED) is 0.843. The number of nitriles is 1. The van der Waals surface area contributed by atoms with E-state index in [4.69, 9.17) is 5.26 Å². The smallest absolute Gasteiger partial charge is 0.0901 e. The minimum absolute atomic E-state index is 0.122. The average Bonchev–Trinajstić information content (AvgIpc) is 2.84. The SMILES string of the molecule is N#CC(CNn1cccc1)c1ccccc1. The van der Waals surface area contributed by atoms with Crippen LogP contribution in [0.5, 0.6) is 0 Å². The lowest BCUT2D eigenvalue weighted by Crippen LogP contribution is -2.19. The molecule has 1 N–H and O–H groups in total. The van der Waals surface area contributed by atoms with Gasteiger partial charge in [0.1, 0.15) is 0 Å². The zero-order valence-corrected chi connectivity index (χ0v) is 8.88. The average molecular weight is 211 g/mol. The maximum absolute atomic E-state index is 9.11. The number of rotatable bonds is 4. The summed E-state index contributed by atoms with van der Waals surface area (Å²) in [6.07, 6.45) is 3.83. The van der Waals surface area contributed by atoms with Gasteiger partial charge in [0.25, 0.3) is 0 Å². The Hall–Kier alpha value is -2.21. The molecule has 0 fully saturated rings. The molecule has 1 unspecified atom stereocenters. The van der Waals surface area contributed by atoms with Gasteiger partial charge in [0.05, 0.1) is 18.5 Å². The molecule has 3 heteroatoms. The Morgan fingerprint density at radius 2 is 1.81 bits per heavy atom. The van der Waals surface area contributed by atoms with Gasteiger partial charge in [0.2, 0.25) is 0 Å². The second-order valence-corrected chi connectivity index (χ2v) is 3.54. The Kier molecular flexibility index (Phi) is 3.25. The van der Waals surface area contributed by atoms with Gasteiger partial charge in [-0.1, -0.05) is 30.3 Å². The van der Waals surface area contributed by atoms with E-state index in [0.29, 0.717) is 6.54 Å². The Morgan fingerprint density at radius 3 is 2.44 bits per heavy atom. The number of benzene rings is 1. The molecule has 0 aliphatic carbocycles. The number of aromatic nitrogens is 1. The molecule has 2 rings (SSSR count). The van der Waals surface area contributed by atoms with Crippen LogP contribution in [0.15, 0.2) is 54.9 Å². The minimum Gasteiger partial charge on any atom is -0.325 e. The van der Waals surface area contributed by atoms with E-state index in [2.05, 4.69) is 11.5 Å². The second kappa shape index (κ2) is 5.04. The summed E-state index contributed by atoms with van der Waals surface area (Å²) in [5.41, 5.74) is 4.21. The molecular weight excluding hydrogens is 198 g/mol. The van der Waals surface area contributed by atoms with Crippen molar-refractivity contribution in [1.29, 1.82) is 5.26 Å². The van der Waals surface area contributed by atoms with Crippen molar-refractivity contribution < 1.29 is 0 Å². The topological polar surface area (TPSA) is 40.8 Å². The van der Waals surface area contributed by atoms with Gasteiger partial charge in [-0.15, -0.1) is 0 Å². The standard InChI is InChI=1S/C13H13N3/c14-10-13(12-6-2-1-3-7-12)11-15-16-8-4-5-9-16/h1-9,13,15H,11H2. The third-order valence-electron chi connectivity index (χ3n) is 2.44. The molecule has 16 heavy (non-hydrogen) atoms. The summed E-state index contributed by atoms with van der Waals surface area (Å²) in [6, 6.07) is 16.0. The first kappa shape index (κ1) is 10.3. The van der Waals surface area contributed by atoms with Crippen molar-refractivity contribution in [2.75, 3.05) is 12.0 Å². The second-order valence-electron chi connectivity index (χ2n) is 3.54. The summed E-state index contributed by atoms with van der Waals surface area (Å²) in [5, 5.41) is 9.11. The molecule has 0 spiro atoms. The van der Waals surface area contributed by atoms with Gasteiger partial charge in [0.15, 0.2) is 0 Å². The van der Waals surface area contributed by atoms with E-state index in [0.717, 1.165) is 5.56 Å². The van der Waals surface area contributed by atoms with Crippen LogP contribution in [0.1, 0.15) is 11.5 Å². The van der Waals surface area contributed by atoms with Gasteiger partial charge in [0, 0.05) is 12.4 Å². The lowest BCUT2D eigenvalue weighted by Gasteiger charge is -2.12. The third-order valence-corrected chi connectivity index (χ3v) is 2.44. The van der Waals surface area contributed by atoms with Crippen molar-refractivity contribution in [1.82, 2.24) is 4.68 Å². The predicted molar refractivity (Wildman–Crippen MR) is 63.5 cm³/mol. The van der Waals surface area contributed by atoms with E-state index >= 15 is 0 Å². The molecule has 0 saturated carbocycles. The lowest BCUT2D eigenvalue weighted by molar-refractivity contribution is 0.780. The first-order chi connectivity index (χ1) is 7.90. The van der Waals surface area contributed by atoms with E-state index in [-0.39, 0.29) is 5.92 Å². The van der Waals surface area contributed by atoms with Crippen molar-refractivity contribution >= 4 is 0 Å². The first-order valence-corrected chi connectivity index (χ1v) is 5.21. The van der Waals surface area contributed by atoms with E-state index in [1.165, 1.54) is 0 Å². The Labute approximate surface area is 94.9 Å². The number of hydrogen-bond donors (Lipinski definition) is 1. The van der Waals surface area contributed by atoms with Gasteiger partial charge in [-0.2, -0.15) is 5.26 Å². The summed E-state index contributed by atoms with van der Waals surface area (Å²) in [6.45, 7) is 0.606. The van der Waals surface area contributed by atoms with Gasteiger partial charge >= 0.3 is 0 Å². The summed E-state index contributed by atoms with van der Waals surface area (Å²) >= 11 is 0. The monoisotopic (exact) mass is 211 g/mol. The van der Waals surface area contributed by atoms with Crippen LogP contribution in [0, 0.1) is 11.3 Å². The Bertz CT molecular complexity index is 454. The van der Waals surface area contributed by atoms with Crippen molar-refractivity contribution in [3.05, 3.63) is 60.4 Å². The zero-order chi connectivity index (χ0) is 11.2. The third kappa shape index (κ3) is 2.43. The number of nitrogens with one attached hydrogen (secondary N) is 1. The van der Waals surface area contributed by atoms with Crippen LogP contribution in [0.2, 0.25) is 0 Å². The fourth-order valence-corrected chi connectivity index (χ4v) is 1.56. The highest BCUT2D eigenvalue weighted by molar-refractivity contribution is 5.25. The van der Waals surface area contributed by atoms with Crippen molar-refractivity contribution in [2.45, 2.75) is 5.92 Å². The fourth-order valence-electron chi connectivity index (χ4n) is 1.56. The Balaban J connectivity index is 2.00. The van der Waals surface area contributed by atoms with Gasteiger partial charge in [-0.05, 0) is 17.7 Å². The molecule has 2 aromatic rings. The maximum Gasteiger partial charge on any atom is 0.0901 e. The molecule has 0 radical (unpaired) electrons. The highest BCUT2D eigenvalue weighted by Gasteiger charge is 2.08. The van der Waals surface area contributed by atoms with Crippen LogP contribution in [-0.4, -0.2) is 11.2 Å². The van der Waals surface area contributed by atoms with Gasteiger partial charge < -0.3 is 5.43 Å². The highest BCUT2D eigenvalue weighted by atomic mass is 15.4. The molecule has 3 nitrogen and oxygen atoms in total. The van der Waals surface area contributed by atoms with Crippen molar-refractivity contribution in [3.8, 4) is 6.07 Å². The van der Waals surface area contributed by atoms with E-state index in [1.54, 1.807) is 0 Å². The van der Waals surface area contributed by atoms with Crippen LogP contribution in [0.4, 0.5) is 0 Å². The highest BCUT2D eigenvalue weighted by Crippen LogP contribution is 2.13. The molecular formula is C13H13N3. The molecule has 0 aliphatic heterocycles. The molecule has 1 atom stereocenters. The molecule has 80 valence electrons. The van der Waals surface area contributed by atoms with Crippen LogP contribution in [0.25, 0.3) is 0 Å². The predicted octanol–water partition coefficient (Wildman–Crippen LogP) is 2.34. The van der Waals surface area contributed by atoms with Crippen LogP contribution < -0.4 is 5.43 Å². The van der Waals surface area contributed by atoms with Crippen molar-refractivity contribution in [2.24, 2.45) is 0 Å². The number of hydrogen-bond acceptors (Lipinski definition) is 2. The zero-order valence-electron chi connectivity index (χ0n) is 8.88. The lowest BCUT2D eigenvalue weighted by atomic mass is 10.0.